The zero-order valence-corrected chi connectivity index (χ0v) is 11.5. The molecule has 106 valence electrons. The lowest BCUT2D eigenvalue weighted by atomic mass is 9.95. The summed E-state index contributed by atoms with van der Waals surface area (Å²) >= 11 is 0. The summed E-state index contributed by atoms with van der Waals surface area (Å²) in [5.74, 6) is -0.0659. The second-order valence-electron chi connectivity index (χ2n) is 5.30. The highest BCUT2D eigenvalue weighted by Gasteiger charge is 2.35. The van der Waals surface area contributed by atoms with Crippen LogP contribution >= 0.6 is 0 Å². The zero-order valence-electron chi connectivity index (χ0n) is 11.5. The summed E-state index contributed by atoms with van der Waals surface area (Å²) in [6, 6.07) is 3.79. The van der Waals surface area contributed by atoms with Crippen molar-refractivity contribution in [3.63, 3.8) is 0 Å². The predicted octanol–water partition coefficient (Wildman–Crippen LogP) is 1.53. The van der Waals surface area contributed by atoms with Crippen molar-refractivity contribution in [1.82, 2.24) is 20.5 Å². The summed E-state index contributed by atoms with van der Waals surface area (Å²) in [5.41, 5.74) is 0.824. The topological polar surface area (TPSA) is 79.9 Å². The fourth-order valence-corrected chi connectivity index (χ4v) is 2.51. The van der Waals surface area contributed by atoms with Crippen LogP contribution in [0.3, 0.4) is 0 Å². The fourth-order valence-electron chi connectivity index (χ4n) is 2.51. The highest BCUT2D eigenvalue weighted by atomic mass is 16.5. The monoisotopic (exact) mass is 274 g/mol. The van der Waals surface area contributed by atoms with Crippen molar-refractivity contribution in [3.05, 3.63) is 24.0 Å². The first-order valence-electron chi connectivity index (χ1n) is 6.89. The Morgan fingerprint density at radius 1 is 1.55 bits per heavy atom. The molecule has 3 rings (SSSR count). The molecule has 2 aromatic heterocycles. The van der Waals surface area contributed by atoms with Gasteiger partial charge in [0.15, 0.2) is 5.65 Å². The maximum absolute atomic E-state index is 12.3. The van der Waals surface area contributed by atoms with Crippen molar-refractivity contribution in [3.8, 4) is 0 Å². The fraction of sp³-hybridized carbons (Fsp3) is 0.500. The molecule has 1 atom stereocenters. The van der Waals surface area contributed by atoms with Crippen molar-refractivity contribution in [1.29, 1.82) is 0 Å². The van der Waals surface area contributed by atoms with Gasteiger partial charge in [-0.3, -0.25) is 9.89 Å². The zero-order chi connectivity index (χ0) is 14.0. The van der Waals surface area contributed by atoms with Crippen molar-refractivity contribution in [2.45, 2.75) is 38.3 Å². The number of pyridine rings is 1. The number of fused-ring (bicyclic) bond motifs is 1. The van der Waals surface area contributed by atoms with Gasteiger partial charge in [-0.05, 0) is 38.3 Å². The average molecular weight is 274 g/mol. The van der Waals surface area contributed by atoms with Gasteiger partial charge in [-0.25, -0.2) is 4.98 Å². The predicted molar refractivity (Wildman–Crippen MR) is 73.9 cm³/mol. The number of aromatic nitrogens is 3. The van der Waals surface area contributed by atoms with E-state index in [1.54, 1.807) is 6.20 Å². The number of hydrogen-bond acceptors (Lipinski definition) is 4. The van der Waals surface area contributed by atoms with Crippen LogP contribution in [0.4, 0.5) is 0 Å². The molecule has 1 saturated heterocycles. The normalized spacial score (nSPS) is 22.9. The van der Waals surface area contributed by atoms with Gasteiger partial charge in [-0.2, -0.15) is 5.10 Å². The molecule has 20 heavy (non-hydrogen) atoms. The number of amides is 1. The molecular formula is C14H18N4O2. The van der Waals surface area contributed by atoms with Gasteiger partial charge in [0.05, 0.1) is 12.2 Å². The van der Waals surface area contributed by atoms with Gasteiger partial charge in [-0.15, -0.1) is 0 Å². The molecule has 1 aliphatic heterocycles. The van der Waals surface area contributed by atoms with E-state index in [-0.39, 0.29) is 5.91 Å². The number of hydrogen-bond donors (Lipinski definition) is 2. The molecule has 6 nitrogen and oxygen atoms in total. The van der Waals surface area contributed by atoms with Crippen LogP contribution in [0.25, 0.3) is 11.0 Å². The number of H-pyrrole nitrogens is 1. The first-order valence-corrected chi connectivity index (χ1v) is 6.89. The van der Waals surface area contributed by atoms with Crippen LogP contribution in [-0.4, -0.2) is 33.3 Å². The molecule has 0 radical (unpaired) electrons. The van der Waals surface area contributed by atoms with Crippen molar-refractivity contribution < 1.29 is 9.53 Å². The second-order valence-corrected chi connectivity index (χ2v) is 5.30. The van der Waals surface area contributed by atoms with Gasteiger partial charge in [0.2, 0.25) is 0 Å². The Morgan fingerprint density at radius 2 is 2.45 bits per heavy atom. The van der Waals surface area contributed by atoms with Gasteiger partial charge in [-0.1, -0.05) is 0 Å². The lowest BCUT2D eigenvalue weighted by Crippen LogP contribution is -2.48. The van der Waals surface area contributed by atoms with E-state index in [1.165, 1.54) is 0 Å². The van der Waals surface area contributed by atoms with E-state index in [4.69, 9.17) is 4.74 Å². The van der Waals surface area contributed by atoms with E-state index in [2.05, 4.69) is 20.5 Å². The maximum atomic E-state index is 12.3. The Kier molecular flexibility index (Phi) is 3.40. The number of carbonyl (C=O) groups is 1. The molecule has 2 aromatic rings. The number of nitrogens with one attached hydrogen (secondary N) is 2. The minimum Gasteiger partial charge on any atom is -0.365 e. The Labute approximate surface area is 116 Å². The summed E-state index contributed by atoms with van der Waals surface area (Å²) in [6.45, 7) is 2.91. The molecule has 2 N–H and O–H groups in total. The van der Waals surface area contributed by atoms with Crippen molar-refractivity contribution in [2.24, 2.45) is 0 Å². The molecule has 6 heteroatoms. The van der Waals surface area contributed by atoms with Crippen molar-refractivity contribution >= 4 is 16.9 Å². The van der Waals surface area contributed by atoms with E-state index >= 15 is 0 Å². The molecule has 1 fully saturated rings. The maximum Gasteiger partial charge on any atom is 0.252 e. The number of nitrogens with zero attached hydrogens (tertiary/aromatic N) is 2. The van der Waals surface area contributed by atoms with Crippen LogP contribution in [0.2, 0.25) is 0 Å². The first kappa shape index (κ1) is 13.1. The van der Waals surface area contributed by atoms with Gasteiger partial charge >= 0.3 is 0 Å². The van der Waals surface area contributed by atoms with Crippen LogP contribution in [-0.2, 0) is 16.1 Å². The van der Waals surface area contributed by atoms with E-state index in [0.29, 0.717) is 18.8 Å². The second kappa shape index (κ2) is 5.20. The third-order valence-electron chi connectivity index (χ3n) is 3.78. The van der Waals surface area contributed by atoms with E-state index in [0.717, 1.165) is 30.3 Å². The summed E-state index contributed by atoms with van der Waals surface area (Å²) < 4.78 is 5.63. The number of aromatic amines is 1. The van der Waals surface area contributed by atoms with Gasteiger partial charge in [0.1, 0.15) is 5.60 Å². The van der Waals surface area contributed by atoms with Gasteiger partial charge in [0, 0.05) is 18.2 Å². The van der Waals surface area contributed by atoms with E-state index < -0.39 is 5.60 Å². The smallest absolute Gasteiger partial charge is 0.252 e. The molecule has 3 heterocycles. The third-order valence-corrected chi connectivity index (χ3v) is 3.78. The van der Waals surface area contributed by atoms with Crippen LogP contribution < -0.4 is 5.32 Å². The van der Waals surface area contributed by atoms with E-state index in [1.807, 2.05) is 19.1 Å². The Morgan fingerprint density at radius 3 is 3.25 bits per heavy atom. The molecule has 1 aliphatic rings. The summed E-state index contributed by atoms with van der Waals surface area (Å²) in [4.78, 5) is 16.4. The summed E-state index contributed by atoms with van der Waals surface area (Å²) in [5, 5.41) is 10.9. The minimum atomic E-state index is -0.702. The molecule has 0 bridgehead atoms. The minimum absolute atomic E-state index is 0.0659. The Balaban J connectivity index is 1.68. The van der Waals surface area contributed by atoms with Crippen LogP contribution in [0.15, 0.2) is 18.3 Å². The quantitative estimate of drug-likeness (QED) is 0.889. The van der Waals surface area contributed by atoms with Gasteiger partial charge < -0.3 is 10.1 Å². The molecule has 0 aromatic carbocycles. The molecule has 1 amide bonds. The lowest BCUT2D eigenvalue weighted by Gasteiger charge is -2.32. The SMILES string of the molecule is CC1(C(=O)NCc2[nH]nc3ncccc23)CCCCO1. The molecular weight excluding hydrogens is 256 g/mol. The molecule has 1 unspecified atom stereocenters. The average Bonchev–Trinajstić information content (AvgIpc) is 2.89. The number of rotatable bonds is 3. The van der Waals surface area contributed by atoms with E-state index in [9.17, 15) is 4.79 Å². The standard InChI is InChI=1S/C14H18N4O2/c1-14(6-2-3-8-20-14)13(19)16-9-11-10-5-4-7-15-12(10)18-17-11/h4-5,7H,2-3,6,8-9H2,1H3,(H,16,19)(H,15,17,18). The van der Waals surface area contributed by atoms with Crippen LogP contribution in [0.5, 0.6) is 0 Å². The van der Waals surface area contributed by atoms with Crippen LogP contribution in [0.1, 0.15) is 31.9 Å². The molecule has 0 spiro atoms. The number of ether oxygens (including phenoxy) is 1. The lowest BCUT2D eigenvalue weighted by molar-refractivity contribution is -0.150. The largest absolute Gasteiger partial charge is 0.365 e. The number of carbonyl (C=O) groups excluding carboxylic acids is 1. The summed E-state index contributed by atoms with van der Waals surface area (Å²) in [7, 11) is 0. The molecule has 0 aliphatic carbocycles. The molecule has 0 saturated carbocycles. The third kappa shape index (κ3) is 2.38. The van der Waals surface area contributed by atoms with Crippen LogP contribution in [0, 0.1) is 0 Å². The van der Waals surface area contributed by atoms with Gasteiger partial charge in [0.25, 0.3) is 5.91 Å². The summed E-state index contributed by atoms with van der Waals surface area (Å²) in [6.07, 6.45) is 4.52. The Hall–Kier alpha value is -1.95. The van der Waals surface area contributed by atoms with Crippen molar-refractivity contribution in [2.75, 3.05) is 6.61 Å². The highest BCUT2D eigenvalue weighted by Crippen LogP contribution is 2.24. The first-order chi connectivity index (χ1) is 9.69. The highest BCUT2D eigenvalue weighted by molar-refractivity contribution is 5.85. The Bertz CT molecular complexity index is 616.